The van der Waals surface area contributed by atoms with Gasteiger partial charge in [0.1, 0.15) is 17.9 Å². The van der Waals surface area contributed by atoms with E-state index in [1.165, 1.54) is 37.8 Å². The maximum absolute atomic E-state index is 11.1. The normalized spacial score (nSPS) is 17.1. The molecule has 2 N–H and O–H groups in total. The fourth-order valence-corrected chi connectivity index (χ4v) is 2.85. The number of carbonyl (C=O) groups is 1. The maximum Gasteiger partial charge on any atom is 0.339 e. The van der Waals surface area contributed by atoms with E-state index in [1.54, 1.807) is 6.07 Å². The lowest BCUT2D eigenvalue weighted by molar-refractivity contribution is 0.0672. The minimum Gasteiger partial charge on any atom is -0.490 e. The van der Waals surface area contributed by atoms with Gasteiger partial charge in [0.2, 0.25) is 0 Å². The second kappa shape index (κ2) is 6.95. The van der Waals surface area contributed by atoms with E-state index in [9.17, 15) is 9.90 Å². The van der Waals surface area contributed by atoms with Crippen molar-refractivity contribution in [2.45, 2.75) is 38.2 Å². The zero-order chi connectivity index (χ0) is 14.5. The van der Waals surface area contributed by atoms with Gasteiger partial charge in [0.05, 0.1) is 6.10 Å². The van der Waals surface area contributed by atoms with Crippen LogP contribution in [0.2, 0.25) is 5.02 Å². The highest BCUT2D eigenvalue weighted by molar-refractivity contribution is 6.31. The Morgan fingerprint density at radius 2 is 2.10 bits per heavy atom. The van der Waals surface area contributed by atoms with Crippen LogP contribution in [0.15, 0.2) is 18.2 Å². The topological polar surface area (TPSA) is 66.8 Å². The molecule has 2 rings (SSSR count). The Hall–Kier alpha value is -1.26. The number of benzene rings is 1. The van der Waals surface area contributed by atoms with Gasteiger partial charge in [-0.05, 0) is 30.5 Å². The van der Waals surface area contributed by atoms with Crippen LogP contribution in [-0.2, 0) is 0 Å². The molecule has 110 valence electrons. The summed E-state index contributed by atoms with van der Waals surface area (Å²) in [6.45, 7) is 0.110. The van der Waals surface area contributed by atoms with Crippen LogP contribution in [0.25, 0.3) is 0 Å². The largest absolute Gasteiger partial charge is 0.490 e. The van der Waals surface area contributed by atoms with Crippen molar-refractivity contribution in [1.82, 2.24) is 0 Å². The first-order chi connectivity index (χ1) is 9.56. The highest BCUT2D eigenvalue weighted by Gasteiger charge is 2.20. The molecule has 0 amide bonds. The summed E-state index contributed by atoms with van der Waals surface area (Å²) in [6, 6.07) is 4.45. The minimum atomic E-state index is -1.09. The smallest absolute Gasteiger partial charge is 0.339 e. The number of aliphatic hydroxyl groups is 1. The Balaban J connectivity index is 1.91. The summed E-state index contributed by atoms with van der Waals surface area (Å²) < 4.78 is 5.44. The monoisotopic (exact) mass is 298 g/mol. The van der Waals surface area contributed by atoms with E-state index in [0.717, 1.165) is 6.42 Å². The molecule has 0 aliphatic heterocycles. The predicted octanol–water partition coefficient (Wildman–Crippen LogP) is 3.36. The van der Waals surface area contributed by atoms with E-state index < -0.39 is 12.1 Å². The van der Waals surface area contributed by atoms with E-state index in [2.05, 4.69) is 0 Å². The van der Waals surface area contributed by atoms with Gasteiger partial charge in [-0.25, -0.2) is 4.79 Å². The van der Waals surface area contributed by atoms with Crippen LogP contribution >= 0.6 is 11.6 Å². The van der Waals surface area contributed by atoms with Gasteiger partial charge in [-0.2, -0.15) is 0 Å². The summed E-state index contributed by atoms with van der Waals surface area (Å²) in [5.74, 6) is -0.280. The molecule has 1 aliphatic rings. The van der Waals surface area contributed by atoms with Crippen molar-refractivity contribution in [2.75, 3.05) is 6.61 Å². The van der Waals surface area contributed by atoms with Crippen LogP contribution in [0, 0.1) is 5.92 Å². The van der Waals surface area contributed by atoms with Crippen LogP contribution in [0.4, 0.5) is 0 Å². The van der Waals surface area contributed by atoms with Gasteiger partial charge in [0.15, 0.2) is 0 Å². The average Bonchev–Trinajstić information content (AvgIpc) is 2.90. The third kappa shape index (κ3) is 4.12. The standard InChI is InChI=1S/C15H19ClO4/c16-11-5-6-14(13(8-11)15(18)19)20-9-12(17)7-10-3-1-2-4-10/h5-6,8,10,12,17H,1-4,7,9H2,(H,18,19). The molecule has 20 heavy (non-hydrogen) atoms. The highest BCUT2D eigenvalue weighted by atomic mass is 35.5. The van der Waals surface area contributed by atoms with Crippen molar-refractivity contribution in [2.24, 2.45) is 5.92 Å². The third-order valence-electron chi connectivity index (χ3n) is 3.68. The van der Waals surface area contributed by atoms with E-state index in [-0.39, 0.29) is 17.9 Å². The number of rotatable bonds is 6. The lowest BCUT2D eigenvalue weighted by atomic mass is 10.0. The lowest BCUT2D eigenvalue weighted by Crippen LogP contribution is -2.21. The predicted molar refractivity (Wildman–Crippen MR) is 76.5 cm³/mol. The number of halogens is 1. The summed E-state index contributed by atoms with van der Waals surface area (Å²) in [5.41, 5.74) is 0.0190. The summed E-state index contributed by atoms with van der Waals surface area (Å²) in [4.78, 5) is 11.1. The van der Waals surface area contributed by atoms with E-state index >= 15 is 0 Å². The zero-order valence-electron chi connectivity index (χ0n) is 11.2. The Morgan fingerprint density at radius 3 is 2.75 bits per heavy atom. The average molecular weight is 299 g/mol. The van der Waals surface area contributed by atoms with Crippen molar-refractivity contribution in [3.05, 3.63) is 28.8 Å². The number of ether oxygens (including phenoxy) is 1. The molecule has 1 atom stereocenters. The lowest BCUT2D eigenvalue weighted by Gasteiger charge is -2.17. The molecular weight excluding hydrogens is 280 g/mol. The fourth-order valence-electron chi connectivity index (χ4n) is 2.68. The third-order valence-corrected chi connectivity index (χ3v) is 3.92. The maximum atomic E-state index is 11.1. The van der Waals surface area contributed by atoms with Gasteiger partial charge in [-0.15, -0.1) is 0 Å². The molecule has 1 unspecified atom stereocenters. The Bertz CT molecular complexity index is 469. The van der Waals surface area contributed by atoms with Gasteiger partial charge in [-0.3, -0.25) is 0 Å². The number of aromatic carboxylic acids is 1. The first-order valence-electron chi connectivity index (χ1n) is 6.90. The molecule has 1 aromatic carbocycles. The molecular formula is C15H19ClO4. The molecule has 1 aliphatic carbocycles. The van der Waals surface area contributed by atoms with Gasteiger partial charge in [0, 0.05) is 5.02 Å². The summed E-state index contributed by atoms with van der Waals surface area (Å²) in [7, 11) is 0. The molecule has 0 heterocycles. The van der Waals surface area contributed by atoms with Crippen LogP contribution in [0.3, 0.4) is 0 Å². The van der Waals surface area contributed by atoms with E-state index in [0.29, 0.717) is 10.9 Å². The number of carboxylic acids is 1. The van der Waals surface area contributed by atoms with Crippen molar-refractivity contribution in [3.8, 4) is 5.75 Å². The molecule has 1 saturated carbocycles. The summed E-state index contributed by atoms with van der Waals surface area (Å²) >= 11 is 5.77. The van der Waals surface area contributed by atoms with E-state index in [4.69, 9.17) is 21.4 Å². The Morgan fingerprint density at radius 1 is 1.40 bits per heavy atom. The summed E-state index contributed by atoms with van der Waals surface area (Å²) in [6.07, 6.45) is 4.96. The number of carboxylic acid groups (broad SMARTS) is 1. The fraction of sp³-hybridized carbons (Fsp3) is 0.533. The molecule has 0 saturated heterocycles. The summed E-state index contributed by atoms with van der Waals surface area (Å²) in [5, 5.41) is 19.4. The Labute approximate surface area is 123 Å². The quantitative estimate of drug-likeness (QED) is 0.845. The second-order valence-electron chi connectivity index (χ2n) is 5.30. The van der Waals surface area contributed by atoms with Crippen LogP contribution in [-0.4, -0.2) is 28.9 Å². The molecule has 0 spiro atoms. The molecule has 0 radical (unpaired) electrons. The minimum absolute atomic E-state index is 0.0190. The van der Waals surface area contributed by atoms with Gasteiger partial charge in [-0.1, -0.05) is 37.3 Å². The number of aliphatic hydroxyl groups excluding tert-OH is 1. The van der Waals surface area contributed by atoms with Crippen molar-refractivity contribution < 1.29 is 19.7 Å². The van der Waals surface area contributed by atoms with Gasteiger partial charge < -0.3 is 14.9 Å². The molecule has 1 aromatic rings. The Kier molecular flexibility index (Phi) is 5.26. The molecule has 1 fully saturated rings. The number of hydrogen-bond acceptors (Lipinski definition) is 3. The van der Waals surface area contributed by atoms with Crippen LogP contribution in [0.5, 0.6) is 5.75 Å². The SMILES string of the molecule is O=C(O)c1cc(Cl)ccc1OCC(O)CC1CCCC1. The molecule has 0 aromatic heterocycles. The first-order valence-corrected chi connectivity index (χ1v) is 7.27. The molecule has 4 nitrogen and oxygen atoms in total. The van der Waals surface area contributed by atoms with Crippen molar-refractivity contribution in [3.63, 3.8) is 0 Å². The van der Waals surface area contributed by atoms with Gasteiger partial charge >= 0.3 is 5.97 Å². The molecule has 5 heteroatoms. The van der Waals surface area contributed by atoms with E-state index in [1.807, 2.05) is 0 Å². The van der Waals surface area contributed by atoms with Gasteiger partial charge in [0.25, 0.3) is 0 Å². The van der Waals surface area contributed by atoms with Crippen LogP contribution < -0.4 is 4.74 Å². The van der Waals surface area contributed by atoms with Crippen LogP contribution in [0.1, 0.15) is 42.5 Å². The zero-order valence-corrected chi connectivity index (χ0v) is 12.0. The number of hydrogen-bond donors (Lipinski definition) is 2. The highest BCUT2D eigenvalue weighted by Crippen LogP contribution is 2.29. The van der Waals surface area contributed by atoms with Crippen molar-refractivity contribution in [1.29, 1.82) is 0 Å². The second-order valence-corrected chi connectivity index (χ2v) is 5.73. The first kappa shape index (κ1) is 15.1. The molecule has 0 bridgehead atoms. The van der Waals surface area contributed by atoms with Crippen molar-refractivity contribution >= 4 is 17.6 Å².